The van der Waals surface area contributed by atoms with Crippen molar-refractivity contribution in [3.63, 3.8) is 0 Å². The van der Waals surface area contributed by atoms with Gasteiger partial charge in [0.15, 0.2) is 0 Å². The maximum Gasteiger partial charge on any atom is 0.149 e. The summed E-state index contributed by atoms with van der Waals surface area (Å²) in [5, 5.41) is 3.06. The molecule has 3 N–H and O–H groups in total. The minimum Gasteiger partial charge on any atom is -0.382 e. The lowest BCUT2D eigenvalue weighted by atomic mass is 10.4. The van der Waals surface area contributed by atoms with E-state index in [0.717, 1.165) is 23.6 Å². The predicted octanol–water partition coefficient (Wildman–Crippen LogP) is 0.339. The van der Waals surface area contributed by atoms with Crippen LogP contribution >= 0.6 is 0 Å². The Bertz CT molecular complexity index is 459. The Morgan fingerprint density at radius 1 is 1.57 bits per heavy atom. The Morgan fingerprint density at radius 2 is 2.36 bits per heavy atom. The first kappa shape index (κ1) is 8.96. The third kappa shape index (κ3) is 1.22. The van der Waals surface area contributed by atoms with E-state index in [-0.39, 0.29) is 0 Å². The van der Waals surface area contributed by atoms with Crippen LogP contribution in [0, 0.1) is 6.92 Å². The molecule has 0 bridgehead atoms. The van der Waals surface area contributed by atoms with Gasteiger partial charge in [-0.15, -0.1) is 0 Å². The highest BCUT2D eigenvalue weighted by molar-refractivity contribution is 5.68. The average Bonchev–Trinajstić information content (AvgIpc) is 2.46. The van der Waals surface area contributed by atoms with Crippen molar-refractivity contribution in [2.24, 2.45) is 0 Å². The number of fused-ring (bicyclic) bond motifs is 1. The van der Waals surface area contributed by atoms with Gasteiger partial charge in [-0.2, -0.15) is 0 Å². The molecule has 0 saturated heterocycles. The van der Waals surface area contributed by atoms with E-state index >= 15 is 0 Å². The fourth-order valence-corrected chi connectivity index (χ4v) is 1.60. The molecule has 2 heterocycles. The van der Waals surface area contributed by atoms with E-state index in [1.165, 1.54) is 0 Å². The third-order valence-electron chi connectivity index (χ3n) is 2.17. The summed E-state index contributed by atoms with van der Waals surface area (Å²) in [7, 11) is 1.89. The summed E-state index contributed by atoms with van der Waals surface area (Å²) < 4.78 is 1.97. The lowest BCUT2D eigenvalue weighted by Crippen LogP contribution is -2.09. The van der Waals surface area contributed by atoms with Crippen molar-refractivity contribution in [3.05, 3.63) is 23.9 Å². The Balaban J connectivity index is 2.71. The van der Waals surface area contributed by atoms with Crippen molar-refractivity contribution in [2.45, 2.75) is 13.5 Å². The second-order valence-corrected chi connectivity index (χ2v) is 3.17. The molecule has 0 radical (unpaired) electrons. The van der Waals surface area contributed by atoms with Crippen LogP contribution in [0.3, 0.4) is 0 Å². The number of imidazole rings is 1. The second-order valence-electron chi connectivity index (χ2n) is 3.17. The fourth-order valence-electron chi connectivity index (χ4n) is 1.60. The van der Waals surface area contributed by atoms with E-state index in [1.54, 1.807) is 6.20 Å². The maximum atomic E-state index is 5.77. The van der Waals surface area contributed by atoms with Crippen molar-refractivity contribution in [1.82, 2.24) is 19.7 Å². The van der Waals surface area contributed by atoms with Gasteiger partial charge < -0.3 is 11.1 Å². The molecule has 0 spiro atoms. The van der Waals surface area contributed by atoms with Crippen molar-refractivity contribution in [1.29, 1.82) is 0 Å². The number of aromatic nitrogens is 3. The molecule has 74 valence electrons. The van der Waals surface area contributed by atoms with Gasteiger partial charge in [-0.1, -0.05) is 0 Å². The Hall–Kier alpha value is -1.62. The topological polar surface area (TPSA) is 68.2 Å². The molecule has 0 aromatic carbocycles. The third-order valence-corrected chi connectivity index (χ3v) is 2.17. The number of nitrogens with zero attached hydrogens (tertiary/aromatic N) is 3. The molecule has 0 unspecified atom stereocenters. The summed E-state index contributed by atoms with van der Waals surface area (Å²) >= 11 is 0. The van der Waals surface area contributed by atoms with Crippen molar-refractivity contribution in [2.75, 3.05) is 12.8 Å². The largest absolute Gasteiger partial charge is 0.382 e. The lowest BCUT2D eigenvalue weighted by Gasteiger charge is -2.00. The maximum absolute atomic E-state index is 5.77. The SMILES string of the molecule is CNCc1nc(C)c2c(N)nccn12. The standard InChI is InChI=1S/C9H13N5/c1-6-8-9(10)12-3-4-14(8)7(13-6)5-11-2/h3-4,11H,5H2,1-2H3,(H2,10,12). The minimum atomic E-state index is 0.528. The van der Waals surface area contributed by atoms with Gasteiger partial charge in [-0.3, -0.25) is 4.40 Å². The summed E-state index contributed by atoms with van der Waals surface area (Å²) in [5.41, 5.74) is 7.59. The van der Waals surface area contributed by atoms with Crippen LogP contribution in [-0.2, 0) is 6.54 Å². The van der Waals surface area contributed by atoms with Gasteiger partial charge in [0.05, 0.1) is 12.2 Å². The highest BCUT2D eigenvalue weighted by Crippen LogP contribution is 2.16. The number of nitrogens with two attached hydrogens (primary N) is 1. The summed E-state index contributed by atoms with van der Waals surface area (Å²) in [4.78, 5) is 8.46. The minimum absolute atomic E-state index is 0.528. The summed E-state index contributed by atoms with van der Waals surface area (Å²) in [6, 6.07) is 0. The molecule has 0 aliphatic rings. The van der Waals surface area contributed by atoms with Crippen molar-refractivity contribution < 1.29 is 0 Å². The molecule has 0 atom stereocenters. The molecule has 5 nitrogen and oxygen atoms in total. The van der Waals surface area contributed by atoms with Gasteiger partial charge in [-0.25, -0.2) is 9.97 Å². The average molecular weight is 191 g/mol. The van der Waals surface area contributed by atoms with Crippen LogP contribution in [0.4, 0.5) is 5.82 Å². The van der Waals surface area contributed by atoms with Crippen LogP contribution in [0.25, 0.3) is 5.52 Å². The molecule has 14 heavy (non-hydrogen) atoms. The van der Waals surface area contributed by atoms with Gasteiger partial charge in [0.1, 0.15) is 17.2 Å². The lowest BCUT2D eigenvalue weighted by molar-refractivity contribution is 0.753. The first-order chi connectivity index (χ1) is 6.74. The number of anilines is 1. The van der Waals surface area contributed by atoms with E-state index < -0.39 is 0 Å². The van der Waals surface area contributed by atoms with E-state index in [2.05, 4.69) is 15.3 Å². The van der Waals surface area contributed by atoms with Gasteiger partial charge in [0, 0.05) is 12.4 Å². The van der Waals surface area contributed by atoms with Crippen LogP contribution in [0.5, 0.6) is 0 Å². The summed E-state index contributed by atoms with van der Waals surface area (Å²) in [5.74, 6) is 1.48. The monoisotopic (exact) mass is 191 g/mol. The number of nitrogens with one attached hydrogen (secondary N) is 1. The van der Waals surface area contributed by atoms with E-state index in [4.69, 9.17) is 5.73 Å². The van der Waals surface area contributed by atoms with Crippen LogP contribution in [0.2, 0.25) is 0 Å². The van der Waals surface area contributed by atoms with Gasteiger partial charge in [0.25, 0.3) is 0 Å². The van der Waals surface area contributed by atoms with E-state index in [9.17, 15) is 0 Å². The first-order valence-electron chi connectivity index (χ1n) is 4.46. The number of rotatable bonds is 2. The zero-order valence-electron chi connectivity index (χ0n) is 8.28. The molecular weight excluding hydrogens is 178 g/mol. The molecule has 0 amide bonds. The molecule has 5 heteroatoms. The quantitative estimate of drug-likeness (QED) is 0.718. The highest BCUT2D eigenvalue weighted by Gasteiger charge is 2.09. The number of nitrogen functional groups attached to an aromatic ring is 1. The Kier molecular flexibility index (Phi) is 2.09. The number of aryl methyl sites for hydroxylation is 1. The molecule has 2 rings (SSSR count). The smallest absolute Gasteiger partial charge is 0.149 e. The highest BCUT2D eigenvalue weighted by atomic mass is 15.1. The molecule has 0 aliphatic carbocycles. The normalized spacial score (nSPS) is 11.0. The van der Waals surface area contributed by atoms with E-state index in [1.807, 2.05) is 24.6 Å². The molecule has 2 aromatic heterocycles. The van der Waals surface area contributed by atoms with Crippen LogP contribution in [0.15, 0.2) is 12.4 Å². The van der Waals surface area contributed by atoms with Gasteiger partial charge >= 0.3 is 0 Å². The van der Waals surface area contributed by atoms with Gasteiger partial charge in [0.2, 0.25) is 0 Å². The molecule has 0 saturated carbocycles. The number of hydrogen-bond donors (Lipinski definition) is 2. The van der Waals surface area contributed by atoms with E-state index in [0.29, 0.717) is 5.82 Å². The van der Waals surface area contributed by atoms with Crippen molar-refractivity contribution in [3.8, 4) is 0 Å². The first-order valence-corrected chi connectivity index (χ1v) is 4.46. The number of hydrogen-bond acceptors (Lipinski definition) is 4. The molecule has 0 aliphatic heterocycles. The second kappa shape index (κ2) is 3.26. The van der Waals surface area contributed by atoms with Crippen LogP contribution in [-0.4, -0.2) is 21.4 Å². The zero-order chi connectivity index (χ0) is 10.1. The fraction of sp³-hybridized carbons (Fsp3) is 0.333. The summed E-state index contributed by atoms with van der Waals surface area (Å²) in [6.45, 7) is 2.66. The molecule has 0 fully saturated rings. The van der Waals surface area contributed by atoms with Gasteiger partial charge in [-0.05, 0) is 14.0 Å². The van der Waals surface area contributed by atoms with Crippen molar-refractivity contribution >= 4 is 11.3 Å². The Labute approximate surface area is 82.0 Å². The predicted molar refractivity (Wildman–Crippen MR) is 54.9 cm³/mol. The van der Waals surface area contributed by atoms with Crippen LogP contribution in [0.1, 0.15) is 11.5 Å². The Morgan fingerprint density at radius 3 is 3.07 bits per heavy atom. The summed E-state index contributed by atoms with van der Waals surface area (Å²) in [6.07, 6.45) is 3.56. The molecule has 2 aromatic rings. The molecular formula is C9H13N5. The van der Waals surface area contributed by atoms with Crippen LogP contribution < -0.4 is 11.1 Å². The zero-order valence-corrected chi connectivity index (χ0v) is 8.28.